The van der Waals surface area contributed by atoms with Crippen molar-refractivity contribution in [3.63, 3.8) is 0 Å². The minimum absolute atomic E-state index is 0.110. The lowest BCUT2D eigenvalue weighted by atomic mass is 9.86. The van der Waals surface area contributed by atoms with Gasteiger partial charge in [-0.2, -0.15) is 0 Å². The van der Waals surface area contributed by atoms with Crippen LogP contribution < -0.4 is 14.8 Å². The molecule has 1 aliphatic carbocycles. The summed E-state index contributed by atoms with van der Waals surface area (Å²) in [6, 6.07) is 5.34. The Kier molecular flexibility index (Phi) is 6.84. The third-order valence-corrected chi connectivity index (χ3v) is 6.25. The van der Waals surface area contributed by atoms with Crippen molar-refractivity contribution in [3.05, 3.63) is 28.7 Å². The van der Waals surface area contributed by atoms with Crippen LogP contribution in [0.4, 0.5) is 4.79 Å². The maximum Gasteiger partial charge on any atom is 0.294 e. The first-order valence-corrected chi connectivity index (χ1v) is 10.5. The Balaban J connectivity index is 1.67. The number of rotatable bonds is 6. The number of carbonyl (C=O) groups is 3. The van der Waals surface area contributed by atoms with Gasteiger partial charge in [-0.05, 0) is 54.3 Å². The molecule has 0 spiro atoms. The van der Waals surface area contributed by atoms with Gasteiger partial charge in [0.25, 0.3) is 11.1 Å². The van der Waals surface area contributed by atoms with E-state index in [1.165, 1.54) is 13.5 Å². The standard InChI is InChI=1S/C21H26N2O5S/c1-13-6-4-5-7-15(13)22-19(24)12-23-20(25)18(29-21(23)26)11-14-8-9-16(27-2)17(10-14)28-3/h8-11,13,15H,4-7,12H2,1-3H3,(H,22,24)/b18-11+. The maximum absolute atomic E-state index is 12.7. The summed E-state index contributed by atoms with van der Waals surface area (Å²) in [6.45, 7) is 1.87. The van der Waals surface area contributed by atoms with E-state index in [1.807, 2.05) is 0 Å². The third-order valence-electron chi connectivity index (χ3n) is 5.34. The molecule has 0 aromatic heterocycles. The van der Waals surface area contributed by atoms with Crippen LogP contribution in [0.2, 0.25) is 0 Å². The fourth-order valence-electron chi connectivity index (χ4n) is 3.66. The molecule has 156 valence electrons. The van der Waals surface area contributed by atoms with E-state index in [0.29, 0.717) is 23.0 Å². The van der Waals surface area contributed by atoms with Crippen LogP contribution in [0.25, 0.3) is 6.08 Å². The van der Waals surface area contributed by atoms with Crippen LogP contribution in [0.3, 0.4) is 0 Å². The Morgan fingerprint density at radius 1 is 1.21 bits per heavy atom. The molecule has 0 bridgehead atoms. The van der Waals surface area contributed by atoms with Crippen molar-refractivity contribution in [3.8, 4) is 11.5 Å². The number of nitrogens with one attached hydrogen (secondary N) is 1. The number of methoxy groups -OCH3 is 2. The molecule has 8 heteroatoms. The molecular formula is C21H26N2O5S. The average molecular weight is 419 g/mol. The zero-order valence-electron chi connectivity index (χ0n) is 16.9. The highest BCUT2D eigenvalue weighted by atomic mass is 32.2. The van der Waals surface area contributed by atoms with E-state index >= 15 is 0 Å². The van der Waals surface area contributed by atoms with Crippen molar-refractivity contribution in [1.82, 2.24) is 10.2 Å². The second kappa shape index (κ2) is 9.35. The van der Waals surface area contributed by atoms with Gasteiger partial charge in [-0.15, -0.1) is 0 Å². The Morgan fingerprint density at radius 2 is 1.93 bits per heavy atom. The van der Waals surface area contributed by atoms with Gasteiger partial charge in [-0.25, -0.2) is 0 Å². The molecule has 7 nitrogen and oxygen atoms in total. The Morgan fingerprint density at radius 3 is 2.62 bits per heavy atom. The molecular weight excluding hydrogens is 392 g/mol. The van der Waals surface area contributed by atoms with Crippen LogP contribution in [-0.4, -0.2) is 48.8 Å². The minimum Gasteiger partial charge on any atom is -0.493 e. The van der Waals surface area contributed by atoms with Crippen LogP contribution >= 0.6 is 11.8 Å². The van der Waals surface area contributed by atoms with E-state index < -0.39 is 11.1 Å². The predicted molar refractivity (Wildman–Crippen MR) is 112 cm³/mol. The number of ether oxygens (including phenoxy) is 2. The molecule has 1 saturated carbocycles. The summed E-state index contributed by atoms with van der Waals surface area (Å²) < 4.78 is 10.5. The number of hydrogen-bond acceptors (Lipinski definition) is 6. The Labute approximate surface area is 174 Å². The topological polar surface area (TPSA) is 84.9 Å². The highest BCUT2D eigenvalue weighted by Gasteiger charge is 2.37. The monoisotopic (exact) mass is 418 g/mol. The number of amides is 3. The SMILES string of the molecule is COc1ccc(/C=C2/SC(=O)N(CC(=O)NC3CCCCC3C)C2=O)cc1OC. The summed E-state index contributed by atoms with van der Waals surface area (Å²) in [5.74, 6) is 0.764. The molecule has 1 aromatic rings. The molecule has 2 atom stereocenters. The van der Waals surface area contributed by atoms with E-state index in [0.717, 1.165) is 35.9 Å². The molecule has 1 aliphatic heterocycles. The van der Waals surface area contributed by atoms with Crippen molar-refractivity contribution in [2.45, 2.75) is 38.6 Å². The zero-order chi connectivity index (χ0) is 21.0. The number of carbonyl (C=O) groups excluding carboxylic acids is 3. The number of benzene rings is 1. The van der Waals surface area contributed by atoms with E-state index in [9.17, 15) is 14.4 Å². The first kappa shape index (κ1) is 21.2. The lowest BCUT2D eigenvalue weighted by Gasteiger charge is -2.29. The molecule has 1 saturated heterocycles. The average Bonchev–Trinajstić information content (AvgIpc) is 2.97. The first-order valence-electron chi connectivity index (χ1n) is 9.69. The summed E-state index contributed by atoms with van der Waals surface area (Å²) >= 11 is 0.835. The number of thioether (sulfide) groups is 1. The summed E-state index contributed by atoms with van der Waals surface area (Å²) in [5, 5.41) is 2.55. The van der Waals surface area contributed by atoms with Gasteiger partial charge in [0.15, 0.2) is 11.5 Å². The van der Waals surface area contributed by atoms with Crippen LogP contribution in [0.1, 0.15) is 38.2 Å². The smallest absolute Gasteiger partial charge is 0.294 e. The van der Waals surface area contributed by atoms with Crippen LogP contribution in [0.5, 0.6) is 11.5 Å². The lowest BCUT2D eigenvalue weighted by Crippen LogP contribution is -2.46. The van der Waals surface area contributed by atoms with E-state index in [1.54, 1.807) is 31.4 Å². The van der Waals surface area contributed by atoms with E-state index in [-0.39, 0.29) is 23.4 Å². The highest BCUT2D eigenvalue weighted by Crippen LogP contribution is 2.34. The summed E-state index contributed by atoms with van der Waals surface area (Å²) in [7, 11) is 3.07. The molecule has 0 radical (unpaired) electrons. The normalized spacial score (nSPS) is 23.4. The Hall–Kier alpha value is -2.48. The molecule has 29 heavy (non-hydrogen) atoms. The van der Waals surface area contributed by atoms with Crippen molar-refractivity contribution >= 4 is 34.9 Å². The van der Waals surface area contributed by atoms with Crippen LogP contribution in [0.15, 0.2) is 23.1 Å². The van der Waals surface area contributed by atoms with Crippen LogP contribution in [-0.2, 0) is 9.59 Å². The molecule has 1 heterocycles. The molecule has 2 unspecified atom stereocenters. The van der Waals surface area contributed by atoms with Crippen LogP contribution in [0, 0.1) is 5.92 Å². The predicted octanol–water partition coefficient (Wildman–Crippen LogP) is 3.44. The zero-order valence-corrected chi connectivity index (χ0v) is 17.7. The summed E-state index contributed by atoms with van der Waals surface area (Å²) in [6.07, 6.45) is 5.91. The van der Waals surface area contributed by atoms with E-state index in [2.05, 4.69) is 12.2 Å². The maximum atomic E-state index is 12.7. The molecule has 1 N–H and O–H groups in total. The third kappa shape index (κ3) is 4.93. The molecule has 3 amide bonds. The van der Waals surface area contributed by atoms with Gasteiger partial charge < -0.3 is 14.8 Å². The van der Waals surface area contributed by atoms with Crippen molar-refractivity contribution in [2.75, 3.05) is 20.8 Å². The molecule has 2 fully saturated rings. The largest absolute Gasteiger partial charge is 0.493 e. The summed E-state index contributed by atoms with van der Waals surface area (Å²) in [4.78, 5) is 38.7. The van der Waals surface area contributed by atoms with Crippen molar-refractivity contribution in [1.29, 1.82) is 0 Å². The van der Waals surface area contributed by atoms with E-state index in [4.69, 9.17) is 9.47 Å². The number of hydrogen-bond donors (Lipinski definition) is 1. The van der Waals surface area contributed by atoms with Gasteiger partial charge in [0, 0.05) is 6.04 Å². The molecule has 3 rings (SSSR count). The Bertz CT molecular complexity index is 838. The highest BCUT2D eigenvalue weighted by molar-refractivity contribution is 8.18. The quantitative estimate of drug-likeness (QED) is 0.713. The minimum atomic E-state index is -0.457. The fraction of sp³-hybridized carbons (Fsp3) is 0.476. The molecule has 1 aromatic carbocycles. The second-order valence-electron chi connectivity index (χ2n) is 7.32. The van der Waals surface area contributed by atoms with Crippen molar-refractivity contribution in [2.24, 2.45) is 5.92 Å². The van der Waals surface area contributed by atoms with Gasteiger partial charge in [0.2, 0.25) is 5.91 Å². The lowest BCUT2D eigenvalue weighted by molar-refractivity contribution is -0.130. The van der Waals surface area contributed by atoms with Gasteiger partial charge in [0.1, 0.15) is 6.54 Å². The van der Waals surface area contributed by atoms with Gasteiger partial charge in [-0.3, -0.25) is 19.3 Å². The first-order chi connectivity index (χ1) is 13.9. The fourth-order valence-corrected chi connectivity index (χ4v) is 4.50. The van der Waals surface area contributed by atoms with Gasteiger partial charge >= 0.3 is 0 Å². The van der Waals surface area contributed by atoms with Gasteiger partial charge in [-0.1, -0.05) is 25.8 Å². The van der Waals surface area contributed by atoms with Crippen molar-refractivity contribution < 1.29 is 23.9 Å². The molecule has 2 aliphatic rings. The summed E-state index contributed by atoms with van der Waals surface area (Å²) in [5.41, 5.74) is 0.702. The second-order valence-corrected chi connectivity index (χ2v) is 8.31. The van der Waals surface area contributed by atoms with Gasteiger partial charge in [0.05, 0.1) is 19.1 Å². The number of nitrogens with zero attached hydrogens (tertiary/aromatic N) is 1. The number of imide groups is 1.